The molecule has 1 heterocycles. The number of aliphatic imine (C=N–C) groups is 1. The number of fused-ring (bicyclic) bond motifs is 5. The number of nitrogens with zero attached hydrogens (tertiary/aromatic N) is 1. The van der Waals surface area contributed by atoms with Crippen LogP contribution < -0.4 is 0 Å². The highest BCUT2D eigenvalue weighted by Gasteiger charge is 2.73. The fourth-order valence-corrected chi connectivity index (χ4v) is 8.47. The topological polar surface area (TPSA) is 245 Å². The van der Waals surface area contributed by atoms with Gasteiger partial charge in [-0.1, -0.05) is 15.9 Å². The largest absolute Gasteiger partial charge is 0.507 e. The minimum Gasteiger partial charge on any atom is -0.507 e. The van der Waals surface area contributed by atoms with Crippen LogP contribution in [0.4, 0.5) is 0 Å². The molecule has 0 bridgehead atoms. The first-order valence-electron chi connectivity index (χ1n) is 15.6. The van der Waals surface area contributed by atoms with E-state index in [0.717, 1.165) is 20.3 Å². The Morgan fingerprint density at radius 1 is 0.980 bits per heavy atom. The second-order valence-corrected chi connectivity index (χ2v) is 13.5. The highest BCUT2D eigenvalue weighted by atomic mass is 79.9. The van der Waals surface area contributed by atoms with E-state index in [1.54, 1.807) is 6.92 Å². The van der Waals surface area contributed by atoms with Crippen LogP contribution >= 0.6 is 15.9 Å². The van der Waals surface area contributed by atoms with E-state index in [-0.39, 0.29) is 21.3 Å². The Balaban J connectivity index is 1.57. The predicted octanol–water partition coefficient (Wildman–Crippen LogP) is 0.870. The molecule has 1 fully saturated rings. The SMILES string of the molecule is COC(=O)c1c(C)c(Br)c2c(c1O)[C@]1(O)C(=O)c3cc4c(c(O)c3C(=O)[C@]1(OC)[C@H](O)C2)C(=O)CC(=N[C@H]1O[C@@H](C)[C@H](OC)[C@@H](O)[C@H]1OC)C4=O. The van der Waals surface area contributed by atoms with Gasteiger partial charge in [-0.3, -0.25) is 24.2 Å². The van der Waals surface area contributed by atoms with Crippen LogP contribution in [0.5, 0.6) is 11.5 Å². The van der Waals surface area contributed by atoms with Gasteiger partial charge in [-0.25, -0.2) is 4.79 Å². The van der Waals surface area contributed by atoms with Gasteiger partial charge in [-0.2, -0.15) is 0 Å². The molecule has 0 saturated carbocycles. The molecular weight excluding hydrogens is 742 g/mol. The maximum absolute atomic E-state index is 14.7. The van der Waals surface area contributed by atoms with Gasteiger partial charge in [0.2, 0.25) is 17.3 Å². The molecule has 0 amide bonds. The molecule has 16 nitrogen and oxygen atoms in total. The summed E-state index contributed by atoms with van der Waals surface area (Å²) in [4.78, 5) is 73.8. The summed E-state index contributed by atoms with van der Waals surface area (Å²) >= 11 is 3.31. The number of esters is 1. The molecule has 2 aromatic rings. The number of aromatic hydroxyl groups is 2. The van der Waals surface area contributed by atoms with E-state index in [1.165, 1.54) is 21.1 Å². The van der Waals surface area contributed by atoms with E-state index in [0.29, 0.717) is 0 Å². The Labute approximate surface area is 298 Å². The molecule has 1 saturated heterocycles. The van der Waals surface area contributed by atoms with Crippen LogP contribution in [-0.2, 0) is 35.7 Å². The van der Waals surface area contributed by atoms with E-state index >= 15 is 0 Å². The summed E-state index contributed by atoms with van der Waals surface area (Å²) in [5.41, 5.74) is -10.3. The quantitative estimate of drug-likeness (QED) is 0.265. The fraction of sp³-hybridized carbons (Fsp3) is 0.471. The van der Waals surface area contributed by atoms with E-state index in [9.17, 15) is 49.5 Å². The van der Waals surface area contributed by atoms with Crippen molar-refractivity contribution >= 4 is 50.7 Å². The van der Waals surface area contributed by atoms with Gasteiger partial charge in [-0.05, 0) is 31.0 Å². The summed E-state index contributed by atoms with van der Waals surface area (Å²) in [6, 6.07) is 0.840. The molecule has 51 heavy (non-hydrogen) atoms. The lowest BCUT2D eigenvalue weighted by Crippen LogP contribution is -2.73. The highest BCUT2D eigenvalue weighted by Crippen LogP contribution is 2.58. The summed E-state index contributed by atoms with van der Waals surface area (Å²) in [5.74, 6) is -7.65. The number of rotatable bonds is 5. The number of hydrogen-bond acceptors (Lipinski definition) is 16. The number of benzene rings is 2. The lowest BCUT2D eigenvalue weighted by atomic mass is 9.56. The van der Waals surface area contributed by atoms with Crippen molar-refractivity contribution in [3.63, 3.8) is 0 Å². The van der Waals surface area contributed by atoms with Gasteiger partial charge in [0.15, 0.2) is 23.2 Å². The zero-order chi connectivity index (χ0) is 37.6. The zero-order valence-electron chi connectivity index (χ0n) is 28.1. The molecule has 1 aliphatic heterocycles. The molecule has 272 valence electrons. The summed E-state index contributed by atoms with van der Waals surface area (Å²) < 4.78 is 26.9. The Bertz CT molecular complexity index is 1970. The van der Waals surface area contributed by atoms with E-state index in [1.807, 2.05) is 0 Å². The van der Waals surface area contributed by atoms with Crippen LogP contribution in [0.15, 0.2) is 15.5 Å². The molecule has 2 aromatic carbocycles. The average molecular weight is 777 g/mol. The third-order valence-electron chi connectivity index (χ3n) is 10.4. The zero-order valence-corrected chi connectivity index (χ0v) is 29.7. The Morgan fingerprint density at radius 2 is 1.63 bits per heavy atom. The molecule has 0 radical (unpaired) electrons. The Kier molecular flexibility index (Phi) is 9.12. The number of carbonyl (C=O) groups is 5. The summed E-state index contributed by atoms with van der Waals surface area (Å²) in [7, 11) is 4.59. The molecular formula is C34H34BrNO15. The van der Waals surface area contributed by atoms with Crippen molar-refractivity contribution in [2.45, 2.75) is 74.6 Å². The smallest absolute Gasteiger partial charge is 0.341 e. The maximum Gasteiger partial charge on any atom is 0.341 e. The average Bonchev–Trinajstić information content (AvgIpc) is 3.08. The van der Waals surface area contributed by atoms with Gasteiger partial charge in [0.1, 0.15) is 35.4 Å². The number of phenolic OH excluding ortho intramolecular Hbond substituents is 2. The number of ketones is 4. The number of ether oxygens (including phenoxy) is 5. The van der Waals surface area contributed by atoms with Crippen molar-refractivity contribution in [3.8, 4) is 11.5 Å². The molecule has 0 spiro atoms. The molecule has 6 rings (SSSR count). The number of carbonyl (C=O) groups excluding carboxylic acids is 5. The number of phenols is 2. The minimum absolute atomic E-state index is 0.0416. The molecule has 17 heteroatoms. The number of Topliss-reactive ketones (excluding diaryl/α,β-unsaturated/α-hetero) is 4. The van der Waals surface area contributed by atoms with E-state index < -0.39 is 135 Å². The van der Waals surface area contributed by atoms with Crippen molar-refractivity contribution in [1.82, 2.24) is 0 Å². The van der Waals surface area contributed by atoms with Gasteiger partial charge in [0, 0.05) is 48.9 Å². The van der Waals surface area contributed by atoms with Gasteiger partial charge in [-0.15, -0.1) is 0 Å². The van der Waals surface area contributed by atoms with Crippen molar-refractivity contribution < 1.29 is 73.2 Å². The summed E-state index contributed by atoms with van der Waals surface area (Å²) in [6.45, 7) is 3.04. The second-order valence-electron chi connectivity index (χ2n) is 12.7. The number of aliphatic hydroxyl groups is 3. The van der Waals surface area contributed by atoms with Crippen LogP contribution in [0, 0.1) is 6.92 Å². The predicted molar refractivity (Wildman–Crippen MR) is 175 cm³/mol. The van der Waals surface area contributed by atoms with Crippen LogP contribution in [0.3, 0.4) is 0 Å². The molecule has 4 aliphatic rings. The Hall–Kier alpha value is -3.94. The normalized spacial score (nSPS) is 32.3. The lowest BCUT2D eigenvalue weighted by Gasteiger charge is -2.53. The number of hydrogen-bond donors (Lipinski definition) is 5. The highest BCUT2D eigenvalue weighted by molar-refractivity contribution is 9.10. The van der Waals surface area contributed by atoms with E-state index in [2.05, 4.69) is 20.9 Å². The van der Waals surface area contributed by atoms with Crippen LogP contribution in [0.2, 0.25) is 0 Å². The first-order chi connectivity index (χ1) is 24.0. The fourth-order valence-electron chi connectivity index (χ4n) is 7.92. The van der Waals surface area contributed by atoms with Gasteiger partial charge in [0.05, 0.1) is 42.6 Å². The van der Waals surface area contributed by atoms with Crippen molar-refractivity contribution in [3.05, 3.63) is 55.0 Å². The molecule has 3 aliphatic carbocycles. The van der Waals surface area contributed by atoms with Crippen LogP contribution in [0.1, 0.15) is 81.8 Å². The standard InChI is InChI=1S/C34H34BrNO15/c1-10-18(32(45)49-5)25(41)21-14(22(10)35)8-17(38)34(50-6)30(44)20-13(29(43)33(21,34)46)7-12-19(24(20)40)16(37)9-15(23(12)39)36-31-28(48-4)26(42)27(47-3)11(2)51-31/h7,11,17,26-28,31,38,40-42,46H,8-9H2,1-6H3/t11-,17+,26+,27-,28+,31-,33-,34+/m0/s1. The molecule has 0 unspecified atom stereocenters. The van der Waals surface area contributed by atoms with Crippen LogP contribution in [-0.4, -0.2) is 131 Å². The first kappa shape index (κ1) is 36.8. The van der Waals surface area contributed by atoms with Crippen molar-refractivity contribution in [1.29, 1.82) is 0 Å². The van der Waals surface area contributed by atoms with Crippen molar-refractivity contribution in [2.24, 2.45) is 4.99 Å². The second kappa shape index (κ2) is 12.6. The lowest BCUT2D eigenvalue weighted by molar-refractivity contribution is -0.228. The number of aliphatic hydroxyl groups excluding tert-OH is 2. The number of methoxy groups -OCH3 is 4. The third kappa shape index (κ3) is 4.69. The molecule has 0 aromatic heterocycles. The maximum atomic E-state index is 14.7. The monoisotopic (exact) mass is 775 g/mol. The third-order valence-corrected chi connectivity index (χ3v) is 11.4. The summed E-state index contributed by atoms with van der Waals surface area (Å²) in [6.07, 6.45) is -8.34. The van der Waals surface area contributed by atoms with Gasteiger partial charge < -0.3 is 49.2 Å². The number of halogens is 1. The Morgan fingerprint density at radius 3 is 2.22 bits per heavy atom. The van der Waals surface area contributed by atoms with E-state index in [4.69, 9.17) is 23.7 Å². The van der Waals surface area contributed by atoms with Gasteiger partial charge in [0.25, 0.3) is 0 Å². The van der Waals surface area contributed by atoms with Crippen molar-refractivity contribution in [2.75, 3.05) is 28.4 Å². The molecule has 8 atom stereocenters. The first-order valence-corrected chi connectivity index (χ1v) is 16.4. The molecule has 5 N–H and O–H groups in total. The summed E-state index contributed by atoms with van der Waals surface area (Å²) in [5, 5.41) is 57.9. The minimum atomic E-state index is -3.27. The van der Waals surface area contributed by atoms with Crippen LogP contribution in [0.25, 0.3) is 0 Å². The van der Waals surface area contributed by atoms with Gasteiger partial charge >= 0.3 is 5.97 Å².